The van der Waals surface area contributed by atoms with E-state index >= 15 is 0 Å². The number of hydrogen-bond acceptors (Lipinski definition) is 4. The summed E-state index contributed by atoms with van der Waals surface area (Å²) in [6.07, 6.45) is 10.6. The fourth-order valence-corrected chi connectivity index (χ4v) is 4.83. The Kier molecular flexibility index (Phi) is 8.34. The predicted molar refractivity (Wildman–Crippen MR) is 129 cm³/mol. The highest BCUT2D eigenvalue weighted by Crippen LogP contribution is 2.28. The smallest absolute Gasteiger partial charge is 0.228 e. The minimum Gasteiger partial charge on any atom is -0.489 e. The first kappa shape index (κ1) is 23.3. The maximum Gasteiger partial charge on any atom is 0.228 e. The molecule has 6 heteroatoms. The molecule has 0 spiro atoms. The number of hydrogen-bond donors (Lipinski definition) is 1. The summed E-state index contributed by atoms with van der Waals surface area (Å²) in [5.41, 5.74) is 1.18. The number of likely N-dealkylation sites (tertiary alicyclic amines) is 1. The number of nitrogens with zero attached hydrogens (tertiary/aromatic N) is 2. The second-order valence-electron chi connectivity index (χ2n) is 9.30. The SMILES string of the molecule is O=C(Nc1ncccc1OCC1CCCCC1)C1CCN(C(=O)CCc2ccccc2)CC1. The number of pyridine rings is 1. The third kappa shape index (κ3) is 6.80. The van der Waals surface area contributed by atoms with Crippen LogP contribution in [0.1, 0.15) is 56.9 Å². The first-order valence-corrected chi connectivity index (χ1v) is 12.4. The molecular formula is C27H35N3O3. The maximum atomic E-state index is 12.9. The Morgan fingerprint density at radius 2 is 1.73 bits per heavy atom. The van der Waals surface area contributed by atoms with Crippen LogP contribution in [0.2, 0.25) is 0 Å². The standard InChI is InChI=1S/C27H35N3O3/c31-25(14-13-21-8-3-1-4-9-21)30-18-15-23(16-19-30)27(32)29-26-24(12-7-17-28-26)33-20-22-10-5-2-6-11-22/h1,3-4,7-9,12,17,22-23H,2,5-6,10-11,13-16,18-20H2,(H,28,29,32). The van der Waals surface area contributed by atoms with E-state index in [-0.39, 0.29) is 17.7 Å². The van der Waals surface area contributed by atoms with Gasteiger partial charge in [0.05, 0.1) is 6.61 Å². The number of carbonyl (C=O) groups excluding carboxylic acids is 2. The Balaban J connectivity index is 1.23. The number of carbonyl (C=O) groups is 2. The molecule has 1 saturated heterocycles. The van der Waals surface area contributed by atoms with Crippen molar-refractivity contribution in [3.63, 3.8) is 0 Å². The molecule has 0 bridgehead atoms. The summed E-state index contributed by atoms with van der Waals surface area (Å²) < 4.78 is 6.05. The van der Waals surface area contributed by atoms with Crippen LogP contribution in [0.5, 0.6) is 5.75 Å². The summed E-state index contributed by atoms with van der Waals surface area (Å²) in [6.45, 7) is 1.93. The molecule has 0 radical (unpaired) electrons. The van der Waals surface area contributed by atoms with E-state index in [1.165, 1.54) is 37.7 Å². The molecule has 33 heavy (non-hydrogen) atoms. The third-order valence-electron chi connectivity index (χ3n) is 6.90. The minimum absolute atomic E-state index is 0.0346. The fraction of sp³-hybridized carbons (Fsp3) is 0.519. The van der Waals surface area contributed by atoms with Gasteiger partial charge in [-0.1, -0.05) is 49.6 Å². The van der Waals surface area contributed by atoms with Gasteiger partial charge in [-0.3, -0.25) is 9.59 Å². The van der Waals surface area contributed by atoms with Gasteiger partial charge in [-0.15, -0.1) is 0 Å². The topological polar surface area (TPSA) is 71.5 Å². The van der Waals surface area contributed by atoms with E-state index in [1.54, 1.807) is 6.20 Å². The Morgan fingerprint density at radius 3 is 2.48 bits per heavy atom. The van der Waals surface area contributed by atoms with Crippen LogP contribution >= 0.6 is 0 Å². The van der Waals surface area contributed by atoms with Crippen molar-refractivity contribution in [3.05, 3.63) is 54.2 Å². The zero-order valence-corrected chi connectivity index (χ0v) is 19.4. The zero-order chi connectivity index (χ0) is 22.9. The van der Waals surface area contributed by atoms with Crippen LogP contribution in [0.15, 0.2) is 48.7 Å². The van der Waals surface area contributed by atoms with E-state index in [2.05, 4.69) is 22.4 Å². The highest BCUT2D eigenvalue weighted by Gasteiger charge is 2.28. The lowest BCUT2D eigenvalue weighted by atomic mass is 9.90. The Hall–Kier alpha value is -2.89. The molecule has 0 atom stereocenters. The van der Waals surface area contributed by atoms with Gasteiger partial charge in [0.15, 0.2) is 11.6 Å². The third-order valence-corrected chi connectivity index (χ3v) is 6.90. The first-order valence-electron chi connectivity index (χ1n) is 12.4. The van der Waals surface area contributed by atoms with Crippen molar-refractivity contribution in [2.75, 3.05) is 25.0 Å². The molecule has 1 aromatic carbocycles. The molecule has 4 rings (SSSR count). The van der Waals surface area contributed by atoms with E-state index < -0.39 is 0 Å². The molecule has 176 valence electrons. The van der Waals surface area contributed by atoms with Crippen LogP contribution in [0.3, 0.4) is 0 Å². The second-order valence-corrected chi connectivity index (χ2v) is 9.30. The number of benzene rings is 1. The van der Waals surface area contributed by atoms with Crippen molar-refractivity contribution in [1.82, 2.24) is 9.88 Å². The summed E-state index contributed by atoms with van der Waals surface area (Å²) in [6, 6.07) is 13.8. The average Bonchev–Trinajstić information content (AvgIpc) is 2.88. The van der Waals surface area contributed by atoms with Crippen LogP contribution < -0.4 is 10.1 Å². The fourth-order valence-electron chi connectivity index (χ4n) is 4.83. The zero-order valence-electron chi connectivity index (χ0n) is 19.4. The highest BCUT2D eigenvalue weighted by atomic mass is 16.5. The van der Waals surface area contributed by atoms with Gasteiger partial charge in [-0.25, -0.2) is 4.98 Å². The van der Waals surface area contributed by atoms with Gasteiger partial charge in [0.1, 0.15) is 0 Å². The summed E-state index contributed by atoms with van der Waals surface area (Å²) in [5.74, 6) is 1.75. The van der Waals surface area contributed by atoms with Gasteiger partial charge < -0.3 is 15.0 Å². The molecule has 2 aromatic rings. The van der Waals surface area contributed by atoms with Crippen LogP contribution in [0, 0.1) is 11.8 Å². The molecular weight excluding hydrogens is 414 g/mol. The minimum atomic E-state index is -0.114. The van der Waals surface area contributed by atoms with Crippen LogP contribution in [0.4, 0.5) is 5.82 Å². The first-order chi connectivity index (χ1) is 16.2. The van der Waals surface area contributed by atoms with E-state index in [0.29, 0.717) is 56.4 Å². The normalized spacial score (nSPS) is 17.5. The highest BCUT2D eigenvalue weighted by molar-refractivity contribution is 5.93. The van der Waals surface area contributed by atoms with Gasteiger partial charge >= 0.3 is 0 Å². The van der Waals surface area contributed by atoms with Crippen LogP contribution in [-0.2, 0) is 16.0 Å². The molecule has 1 aliphatic heterocycles. The molecule has 0 unspecified atom stereocenters. The Bertz CT molecular complexity index is 904. The van der Waals surface area contributed by atoms with Crippen LogP contribution in [0.25, 0.3) is 0 Å². The molecule has 2 aliphatic rings. The second kappa shape index (κ2) is 11.8. The summed E-state index contributed by atoms with van der Waals surface area (Å²) in [7, 11) is 0. The number of nitrogens with one attached hydrogen (secondary N) is 1. The van der Waals surface area contributed by atoms with Crippen LogP contribution in [-0.4, -0.2) is 41.4 Å². The van der Waals surface area contributed by atoms with Crippen molar-refractivity contribution in [3.8, 4) is 5.75 Å². The number of aromatic nitrogens is 1. The molecule has 2 heterocycles. The molecule has 1 aromatic heterocycles. The lowest BCUT2D eigenvalue weighted by Gasteiger charge is -2.31. The summed E-state index contributed by atoms with van der Waals surface area (Å²) >= 11 is 0. The number of ether oxygens (including phenoxy) is 1. The number of aryl methyl sites for hydroxylation is 1. The van der Waals surface area contributed by atoms with E-state index in [9.17, 15) is 9.59 Å². The number of anilines is 1. The lowest BCUT2D eigenvalue weighted by molar-refractivity contribution is -0.134. The number of piperidine rings is 1. The largest absolute Gasteiger partial charge is 0.489 e. The van der Waals surface area contributed by atoms with E-state index in [1.807, 2.05) is 35.2 Å². The molecule has 1 N–H and O–H groups in total. The number of rotatable bonds is 8. The van der Waals surface area contributed by atoms with Gasteiger partial charge in [-0.2, -0.15) is 0 Å². The van der Waals surface area contributed by atoms with Gasteiger partial charge in [0, 0.05) is 31.6 Å². The van der Waals surface area contributed by atoms with Crippen molar-refractivity contribution < 1.29 is 14.3 Å². The molecule has 1 saturated carbocycles. The van der Waals surface area contributed by atoms with Crippen molar-refractivity contribution in [1.29, 1.82) is 0 Å². The Morgan fingerprint density at radius 1 is 0.970 bits per heavy atom. The summed E-state index contributed by atoms with van der Waals surface area (Å²) in [5, 5.41) is 2.98. The average molecular weight is 450 g/mol. The van der Waals surface area contributed by atoms with Gasteiger partial charge in [0.2, 0.25) is 11.8 Å². The van der Waals surface area contributed by atoms with Gasteiger partial charge in [0.25, 0.3) is 0 Å². The van der Waals surface area contributed by atoms with Crippen molar-refractivity contribution >= 4 is 17.6 Å². The molecule has 1 aliphatic carbocycles. The summed E-state index contributed by atoms with van der Waals surface area (Å²) in [4.78, 5) is 31.7. The molecule has 2 fully saturated rings. The van der Waals surface area contributed by atoms with E-state index in [0.717, 1.165) is 6.42 Å². The predicted octanol–water partition coefficient (Wildman–Crippen LogP) is 4.85. The molecule has 6 nitrogen and oxygen atoms in total. The monoisotopic (exact) mass is 449 g/mol. The van der Waals surface area contributed by atoms with E-state index in [4.69, 9.17) is 4.74 Å². The van der Waals surface area contributed by atoms with Crippen molar-refractivity contribution in [2.24, 2.45) is 11.8 Å². The lowest BCUT2D eigenvalue weighted by Crippen LogP contribution is -2.41. The van der Waals surface area contributed by atoms with Gasteiger partial charge in [-0.05, 0) is 55.7 Å². The maximum absolute atomic E-state index is 12.9. The number of amides is 2. The quantitative estimate of drug-likeness (QED) is 0.625. The molecule has 2 amide bonds. The Labute approximate surface area is 196 Å². The van der Waals surface area contributed by atoms with Crippen molar-refractivity contribution in [2.45, 2.75) is 57.8 Å².